The number of ether oxygens (including phenoxy) is 1. The Balaban J connectivity index is 2.15. The molecule has 0 saturated carbocycles. The van der Waals surface area contributed by atoms with Gasteiger partial charge in [-0.05, 0) is 11.5 Å². The molecule has 2 nitrogen and oxygen atoms in total. The number of allylic oxidation sites excluding steroid dienone is 1. The van der Waals surface area contributed by atoms with Gasteiger partial charge in [-0.15, -0.1) is 18.2 Å². The molecule has 1 rings (SSSR count). The van der Waals surface area contributed by atoms with Crippen LogP contribution in [0.5, 0.6) is 0 Å². The van der Waals surface area contributed by atoms with Crippen LogP contribution in [0.3, 0.4) is 0 Å². The van der Waals surface area contributed by atoms with Gasteiger partial charge in [0, 0.05) is 24.9 Å². The third-order valence-electron chi connectivity index (χ3n) is 2.09. The standard InChI is InChI=1S/C11H17NOS/c1-3-4-9-14-11(2)10-12-5-7-13-8-6-12/h1,4,9,11H,5-8,10H2,2H3. The second-order valence-electron chi connectivity index (χ2n) is 3.33. The van der Waals surface area contributed by atoms with Gasteiger partial charge in [0.2, 0.25) is 0 Å². The molecule has 14 heavy (non-hydrogen) atoms. The first kappa shape index (κ1) is 11.6. The van der Waals surface area contributed by atoms with Crippen molar-refractivity contribution in [1.29, 1.82) is 0 Å². The number of thioether (sulfide) groups is 1. The first-order chi connectivity index (χ1) is 6.83. The highest BCUT2D eigenvalue weighted by Crippen LogP contribution is 2.13. The van der Waals surface area contributed by atoms with Crippen LogP contribution in [-0.4, -0.2) is 43.0 Å². The number of hydrogen-bond donors (Lipinski definition) is 0. The van der Waals surface area contributed by atoms with Gasteiger partial charge in [-0.2, -0.15) is 0 Å². The zero-order valence-electron chi connectivity index (χ0n) is 8.61. The minimum Gasteiger partial charge on any atom is -0.379 e. The maximum atomic E-state index is 5.29. The predicted molar refractivity (Wildman–Crippen MR) is 62.3 cm³/mol. The Kier molecular flexibility index (Phi) is 5.77. The molecule has 0 bridgehead atoms. The first-order valence-electron chi connectivity index (χ1n) is 4.89. The maximum Gasteiger partial charge on any atom is 0.0594 e. The van der Waals surface area contributed by atoms with E-state index in [1.165, 1.54) is 0 Å². The SMILES string of the molecule is C#CC=CSC(C)CN1CCOCC1. The van der Waals surface area contributed by atoms with Crippen molar-refractivity contribution in [1.82, 2.24) is 4.90 Å². The van der Waals surface area contributed by atoms with E-state index in [0.29, 0.717) is 5.25 Å². The zero-order chi connectivity index (χ0) is 10.2. The minimum absolute atomic E-state index is 0.595. The van der Waals surface area contributed by atoms with Crippen LogP contribution in [0.4, 0.5) is 0 Å². The predicted octanol–water partition coefficient (Wildman–Crippen LogP) is 1.59. The van der Waals surface area contributed by atoms with Gasteiger partial charge in [0.05, 0.1) is 13.2 Å². The fraction of sp³-hybridized carbons (Fsp3) is 0.636. The molecular weight excluding hydrogens is 194 g/mol. The van der Waals surface area contributed by atoms with Crippen LogP contribution in [0.1, 0.15) is 6.92 Å². The molecule has 1 fully saturated rings. The summed E-state index contributed by atoms with van der Waals surface area (Å²) in [5.74, 6) is 2.49. The molecule has 0 aliphatic carbocycles. The van der Waals surface area contributed by atoms with Crippen molar-refractivity contribution in [2.24, 2.45) is 0 Å². The zero-order valence-corrected chi connectivity index (χ0v) is 9.43. The number of hydrogen-bond acceptors (Lipinski definition) is 3. The molecular formula is C11H17NOS. The summed E-state index contributed by atoms with van der Waals surface area (Å²) in [5.41, 5.74) is 0. The average molecular weight is 211 g/mol. The van der Waals surface area contributed by atoms with Crippen molar-refractivity contribution in [3.63, 3.8) is 0 Å². The smallest absolute Gasteiger partial charge is 0.0594 e. The van der Waals surface area contributed by atoms with E-state index >= 15 is 0 Å². The largest absolute Gasteiger partial charge is 0.379 e. The summed E-state index contributed by atoms with van der Waals surface area (Å²) in [4.78, 5) is 2.44. The number of rotatable bonds is 4. The van der Waals surface area contributed by atoms with Crippen molar-refractivity contribution in [2.45, 2.75) is 12.2 Å². The molecule has 0 spiro atoms. The van der Waals surface area contributed by atoms with E-state index in [1.807, 2.05) is 5.41 Å². The van der Waals surface area contributed by atoms with Crippen LogP contribution in [0.25, 0.3) is 0 Å². The van der Waals surface area contributed by atoms with Crippen LogP contribution in [0.15, 0.2) is 11.5 Å². The van der Waals surface area contributed by atoms with Gasteiger partial charge in [-0.25, -0.2) is 0 Å². The van der Waals surface area contributed by atoms with Gasteiger partial charge < -0.3 is 4.74 Å². The summed E-state index contributed by atoms with van der Waals surface area (Å²) in [6.45, 7) is 7.20. The van der Waals surface area contributed by atoms with Gasteiger partial charge in [0.25, 0.3) is 0 Å². The van der Waals surface area contributed by atoms with Crippen molar-refractivity contribution < 1.29 is 4.74 Å². The maximum absolute atomic E-state index is 5.29. The second kappa shape index (κ2) is 6.94. The fourth-order valence-corrected chi connectivity index (χ4v) is 2.13. The van der Waals surface area contributed by atoms with Crippen LogP contribution in [0, 0.1) is 12.3 Å². The Morgan fingerprint density at radius 1 is 1.57 bits per heavy atom. The van der Waals surface area contributed by atoms with E-state index in [-0.39, 0.29) is 0 Å². The Hall–Kier alpha value is -0.430. The Morgan fingerprint density at radius 2 is 2.29 bits per heavy atom. The van der Waals surface area contributed by atoms with Crippen LogP contribution < -0.4 is 0 Å². The molecule has 3 heteroatoms. The lowest BCUT2D eigenvalue weighted by Gasteiger charge is -2.28. The molecule has 78 valence electrons. The molecule has 0 radical (unpaired) electrons. The van der Waals surface area contributed by atoms with Gasteiger partial charge in [-0.1, -0.05) is 12.8 Å². The van der Waals surface area contributed by atoms with Crippen molar-refractivity contribution in [2.75, 3.05) is 32.8 Å². The molecule has 1 saturated heterocycles. The van der Waals surface area contributed by atoms with Gasteiger partial charge in [0.15, 0.2) is 0 Å². The minimum atomic E-state index is 0.595. The second-order valence-corrected chi connectivity index (χ2v) is 4.68. The van der Waals surface area contributed by atoms with Crippen LogP contribution >= 0.6 is 11.8 Å². The summed E-state index contributed by atoms with van der Waals surface area (Å²) in [5, 5.41) is 2.59. The number of morpholine rings is 1. The lowest BCUT2D eigenvalue weighted by atomic mass is 10.3. The molecule has 0 N–H and O–H groups in total. The molecule has 1 heterocycles. The average Bonchev–Trinajstić information content (AvgIpc) is 2.20. The Bertz CT molecular complexity index is 216. The highest BCUT2D eigenvalue weighted by molar-refractivity contribution is 8.02. The first-order valence-corrected chi connectivity index (χ1v) is 5.84. The van der Waals surface area contributed by atoms with E-state index in [0.717, 1.165) is 32.8 Å². The van der Waals surface area contributed by atoms with Crippen LogP contribution in [0.2, 0.25) is 0 Å². The molecule has 1 aliphatic rings. The summed E-state index contributed by atoms with van der Waals surface area (Å²) in [7, 11) is 0. The van der Waals surface area contributed by atoms with Crippen LogP contribution in [-0.2, 0) is 4.74 Å². The molecule has 0 aromatic carbocycles. The van der Waals surface area contributed by atoms with E-state index in [2.05, 4.69) is 17.7 Å². The molecule has 1 atom stereocenters. The fourth-order valence-electron chi connectivity index (χ4n) is 1.40. The van der Waals surface area contributed by atoms with E-state index < -0.39 is 0 Å². The summed E-state index contributed by atoms with van der Waals surface area (Å²) in [6, 6.07) is 0. The highest BCUT2D eigenvalue weighted by Gasteiger charge is 2.12. The Labute approximate surface area is 90.7 Å². The third kappa shape index (κ3) is 4.71. The van der Waals surface area contributed by atoms with Crippen molar-refractivity contribution in [3.8, 4) is 12.3 Å². The normalized spacial score (nSPS) is 20.9. The number of terminal acetylenes is 1. The quantitative estimate of drug-likeness (QED) is 0.655. The van der Waals surface area contributed by atoms with E-state index in [9.17, 15) is 0 Å². The molecule has 0 amide bonds. The Morgan fingerprint density at radius 3 is 2.93 bits per heavy atom. The van der Waals surface area contributed by atoms with Crippen molar-refractivity contribution in [3.05, 3.63) is 11.5 Å². The molecule has 1 aliphatic heterocycles. The lowest BCUT2D eigenvalue weighted by Crippen LogP contribution is -2.39. The van der Waals surface area contributed by atoms with Gasteiger partial charge in [-0.3, -0.25) is 4.90 Å². The molecule has 0 aromatic rings. The molecule has 1 unspecified atom stereocenters. The molecule has 0 aromatic heterocycles. The van der Waals surface area contributed by atoms with Gasteiger partial charge in [0.1, 0.15) is 0 Å². The van der Waals surface area contributed by atoms with Crippen molar-refractivity contribution >= 4 is 11.8 Å². The lowest BCUT2D eigenvalue weighted by molar-refractivity contribution is 0.0386. The summed E-state index contributed by atoms with van der Waals surface area (Å²) < 4.78 is 5.29. The summed E-state index contributed by atoms with van der Waals surface area (Å²) in [6.07, 6.45) is 6.87. The van der Waals surface area contributed by atoms with E-state index in [4.69, 9.17) is 11.2 Å². The summed E-state index contributed by atoms with van der Waals surface area (Å²) >= 11 is 1.79. The third-order valence-corrected chi connectivity index (χ3v) is 3.00. The highest BCUT2D eigenvalue weighted by atomic mass is 32.2. The topological polar surface area (TPSA) is 12.5 Å². The monoisotopic (exact) mass is 211 g/mol. The van der Waals surface area contributed by atoms with Gasteiger partial charge >= 0.3 is 0 Å². The number of nitrogens with zero attached hydrogens (tertiary/aromatic N) is 1. The van der Waals surface area contributed by atoms with E-state index in [1.54, 1.807) is 17.8 Å².